The van der Waals surface area contributed by atoms with Crippen LogP contribution in [0.3, 0.4) is 0 Å². The van der Waals surface area contributed by atoms with Crippen LogP contribution in [0.2, 0.25) is 0 Å². The maximum Gasteiger partial charge on any atom is 0.123 e. The molecule has 0 saturated heterocycles. The molecule has 5 nitrogen and oxygen atoms in total. The van der Waals surface area contributed by atoms with E-state index in [0.717, 1.165) is 35.4 Å². The molecule has 0 aliphatic rings. The van der Waals surface area contributed by atoms with Gasteiger partial charge in [-0.25, -0.2) is 0 Å². The maximum absolute atomic E-state index is 5.87. The molecule has 0 aliphatic heterocycles. The first-order valence-electron chi connectivity index (χ1n) is 6.88. The van der Waals surface area contributed by atoms with Crippen LogP contribution < -0.4 is 10.1 Å². The van der Waals surface area contributed by atoms with Crippen molar-refractivity contribution in [2.75, 3.05) is 26.9 Å². The highest BCUT2D eigenvalue weighted by Crippen LogP contribution is 2.23. The molecule has 0 unspecified atom stereocenters. The summed E-state index contributed by atoms with van der Waals surface area (Å²) in [5, 5.41) is 7.49. The molecule has 1 aromatic heterocycles. The smallest absolute Gasteiger partial charge is 0.123 e. The molecule has 6 heteroatoms. The standard InChI is InChI=1S/C15H20BrN3O2/c1-20-9-6-17-12-13-11-14(16)3-4-15(13)21-10-8-19-7-2-5-18-19/h2-5,7,11,17H,6,8-10,12H2,1H3. The third kappa shape index (κ3) is 5.49. The highest BCUT2D eigenvalue weighted by Gasteiger charge is 2.05. The number of nitrogens with zero attached hydrogens (tertiary/aromatic N) is 2. The molecule has 1 aromatic carbocycles. The van der Waals surface area contributed by atoms with Crippen LogP contribution in [-0.4, -0.2) is 36.6 Å². The molecule has 0 spiro atoms. The van der Waals surface area contributed by atoms with Crippen molar-refractivity contribution in [1.29, 1.82) is 0 Å². The van der Waals surface area contributed by atoms with E-state index in [2.05, 4.69) is 32.4 Å². The molecule has 0 aliphatic carbocycles. The van der Waals surface area contributed by atoms with Gasteiger partial charge in [-0.15, -0.1) is 0 Å². The van der Waals surface area contributed by atoms with Crippen molar-refractivity contribution in [2.45, 2.75) is 13.1 Å². The average molecular weight is 354 g/mol. The first-order chi connectivity index (χ1) is 10.3. The summed E-state index contributed by atoms with van der Waals surface area (Å²) < 4.78 is 13.8. The Hall–Kier alpha value is -1.37. The summed E-state index contributed by atoms with van der Waals surface area (Å²) in [4.78, 5) is 0. The van der Waals surface area contributed by atoms with Gasteiger partial charge in [0.05, 0.1) is 13.2 Å². The molecular formula is C15H20BrN3O2. The minimum atomic E-state index is 0.592. The number of hydrogen-bond acceptors (Lipinski definition) is 4. The van der Waals surface area contributed by atoms with Crippen molar-refractivity contribution in [3.8, 4) is 5.75 Å². The van der Waals surface area contributed by atoms with Crippen molar-refractivity contribution in [1.82, 2.24) is 15.1 Å². The minimum absolute atomic E-state index is 0.592. The monoisotopic (exact) mass is 353 g/mol. The van der Waals surface area contributed by atoms with Crippen molar-refractivity contribution in [3.05, 3.63) is 46.7 Å². The van der Waals surface area contributed by atoms with E-state index in [1.807, 2.05) is 29.1 Å². The number of benzene rings is 1. The second-order valence-corrected chi connectivity index (χ2v) is 5.45. The van der Waals surface area contributed by atoms with Gasteiger partial charge in [-0.1, -0.05) is 15.9 Å². The molecule has 1 heterocycles. The summed E-state index contributed by atoms with van der Waals surface area (Å²) in [6.45, 7) is 3.59. The van der Waals surface area contributed by atoms with Gasteiger partial charge in [-0.2, -0.15) is 5.10 Å². The van der Waals surface area contributed by atoms with E-state index in [-0.39, 0.29) is 0 Å². The Morgan fingerprint density at radius 2 is 2.24 bits per heavy atom. The third-order valence-electron chi connectivity index (χ3n) is 2.96. The molecule has 21 heavy (non-hydrogen) atoms. The third-order valence-corrected chi connectivity index (χ3v) is 3.45. The number of nitrogens with one attached hydrogen (secondary N) is 1. The van der Waals surface area contributed by atoms with Crippen LogP contribution in [0.5, 0.6) is 5.75 Å². The highest BCUT2D eigenvalue weighted by molar-refractivity contribution is 9.10. The molecule has 2 rings (SSSR count). The first-order valence-corrected chi connectivity index (χ1v) is 7.67. The van der Waals surface area contributed by atoms with Crippen LogP contribution in [0.4, 0.5) is 0 Å². The predicted octanol–water partition coefficient (Wildman–Crippen LogP) is 2.46. The second kappa shape index (κ2) is 8.81. The van der Waals surface area contributed by atoms with Gasteiger partial charge >= 0.3 is 0 Å². The summed E-state index contributed by atoms with van der Waals surface area (Å²) >= 11 is 3.50. The molecule has 0 fully saturated rings. The van der Waals surface area contributed by atoms with Gasteiger partial charge in [0.15, 0.2) is 0 Å². The average Bonchev–Trinajstić information content (AvgIpc) is 2.99. The maximum atomic E-state index is 5.87. The minimum Gasteiger partial charge on any atom is -0.491 e. The number of rotatable bonds is 9. The Labute approximate surface area is 133 Å². The van der Waals surface area contributed by atoms with Gasteiger partial charge < -0.3 is 14.8 Å². The van der Waals surface area contributed by atoms with E-state index in [1.165, 1.54) is 0 Å². The van der Waals surface area contributed by atoms with Gasteiger partial charge in [0.1, 0.15) is 12.4 Å². The van der Waals surface area contributed by atoms with Crippen molar-refractivity contribution in [3.63, 3.8) is 0 Å². The van der Waals surface area contributed by atoms with Gasteiger partial charge in [0, 0.05) is 42.6 Å². The number of halogens is 1. The number of ether oxygens (including phenoxy) is 2. The SMILES string of the molecule is COCCNCc1cc(Br)ccc1OCCn1cccn1. The van der Waals surface area contributed by atoms with E-state index in [0.29, 0.717) is 13.2 Å². The number of hydrogen-bond donors (Lipinski definition) is 1. The zero-order chi connectivity index (χ0) is 14.9. The molecule has 114 valence electrons. The van der Waals surface area contributed by atoms with Gasteiger partial charge in [0.25, 0.3) is 0 Å². The van der Waals surface area contributed by atoms with Gasteiger partial charge in [0.2, 0.25) is 0 Å². The van der Waals surface area contributed by atoms with E-state index in [1.54, 1.807) is 13.3 Å². The lowest BCUT2D eigenvalue weighted by Crippen LogP contribution is -2.19. The Bertz CT molecular complexity index is 532. The molecule has 0 bridgehead atoms. The van der Waals surface area contributed by atoms with Crippen molar-refractivity contribution in [2.24, 2.45) is 0 Å². The molecule has 1 N–H and O–H groups in total. The molecule has 0 radical (unpaired) electrons. The van der Waals surface area contributed by atoms with E-state index in [9.17, 15) is 0 Å². The molecular weight excluding hydrogens is 334 g/mol. The van der Waals surface area contributed by atoms with E-state index in [4.69, 9.17) is 9.47 Å². The summed E-state index contributed by atoms with van der Waals surface area (Å²) in [6.07, 6.45) is 3.70. The summed E-state index contributed by atoms with van der Waals surface area (Å²) in [7, 11) is 1.70. The number of methoxy groups -OCH3 is 1. The van der Waals surface area contributed by atoms with Crippen LogP contribution in [0, 0.1) is 0 Å². The largest absolute Gasteiger partial charge is 0.491 e. The summed E-state index contributed by atoms with van der Waals surface area (Å²) in [5.74, 6) is 0.898. The lowest BCUT2D eigenvalue weighted by molar-refractivity contribution is 0.199. The zero-order valence-corrected chi connectivity index (χ0v) is 13.7. The van der Waals surface area contributed by atoms with Gasteiger partial charge in [-0.3, -0.25) is 4.68 Å². The normalized spacial score (nSPS) is 10.8. The molecule has 0 atom stereocenters. The highest BCUT2D eigenvalue weighted by atomic mass is 79.9. The molecule has 0 amide bonds. The van der Waals surface area contributed by atoms with E-state index < -0.39 is 0 Å². The Morgan fingerprint density at radius 1 is 1.33 bits per heavy atom. The fourth-order valence-electron chi connectivity index (χ4n) is 1.91. The summed E-state index contributed by atoms with van der Waals surface area (Å²) in [5.41, 5.74) is 1.13. The molecule has 0 saturated carbocycles. The predicted molar refractivity (Wildman–Crippen MR) is 85.4 cm³/mol. The van der Waals surface area contributed by atoms with Crippen molar-refractivity contribution >= 4 is 15.9 Å². The number of aromatic nitrogens is 2. The van der Waals surface area contributed by atoms with Gasteiger partial charge in [-0.05, 0) is 24.3 Å². The van der Waals surface area contributed by atoms with E-state index >= 15 is 0 Å². The lowest BCUT2D eigenvalue weighted by Gasteiger charge is -2.13. The molecule has 2 aromatic rings. The Morgan fingerprint density at radius 3 is 3.00 bits per heavy atom. The summed E-state index contributed by atoms with van der Waals surface area (Å²) in [6, 6.07) is 7.95. The van der Waals surface area contributed by atoms with Crippen LogP contribution in [0.25, 0.3) is 0 Å². The van der Waals surface area contributed by atoms with Crippen LogP contribution in [-0.2, 0) is 17.8 Å². The fourth-order valence-corrected chi connectivity index (χ4v) is 2.31. The Balaban J connectivity index is 1.87. The van der Waals surface area contributed by atoms with Crippen LogP contribution in [0.15, 0.2) is 41.1 Å². The topological polar surface area (TPSA) is 48.3 Å². The lowest BCUT2D eigenvalue weighted by atomic mass is 10.2. The van der Waals surface area contributed by atoms with Crippen LogP contribution >= 0.6 is 15.9 Å². The second-order valence-electron chi connectivity index (χ2n) is 4.54. The zero-order valence-electron chi connectivity index (χ0n) is 12.1. The van der Waals surface area contributed by atoms with Crippen molar-refractivity contribution < 1.29 is 9.47 Å². The quantitative estimate of drug-likeness (QED) is 0.703. The van der Waals surface area contributed by atoms with Crippen LogP contribution in [0.1, 0.15) is 5.56 Å². The fraction of sp³-hybridized carbons (Fsp3) is 0.400. The first kappa shape index (κ1) is 16.0. The Kier molecular flexibility index (Phi) is 6.72.